The number of hydrogen-bond donors (Lipinski definition) is 1. The average Bonchev–Trinajstić information content (AvgIpc) is 2.54. The molecule has 0 aromatic heterocycles. The first kappa shape index (κ1) is 18.2. The Hall–Kier alpha value is -2.18. The summed E-state index contributed by atoms with van der Waals surface area (Å²) in [4.78, 5) is 14.2. The number of hydrogen-bond acceptors (Lipinski definition) is 3. The van der Waals surface area contributed by atoms with E-state index in [1.165, 1.54) is 6.07 Å². The number of nitrogens with one attached hydrogen (secondary N) is 1. The van der Waals surface area contributed by atoms with E-state index in [9.17, 15) is 13.2 Å². The Morgan fingerprint density at radius 2 is 1.67 bits per heavy atom. The highest BCUT2D eigenvalue weighted by atomic mass is 32.2. The zero-order valence-corrected chi connectivity index (χ0v) is 14.9. The van der Waals surface area contributed by atoms with Crippen LogP contribution in [0.25, 0.3) is 0 Å². The zero-order chi connectivity index (χ0) is 17.7. The molecule has 24 heavy (non-hydrogen) atoms. The highest BCUT2D eigenvalue weighted by Crippen LogP contribution is 2.16. The Morgan fingerprint density at radius 1 is 1.04 bits per heavy atom. The minimum atomic E-state index is -3.71. The van der Waals surface area contributed by atoms with Crippen molar-refractivity contribution in [1.82, 2.24) is 4.72 Å². The van der Waals surface area contributed by atoms with Crippen LogP contribution < -0.4 is 9.62 Å². The summed E-state index contributed by atoms with van der Waals surface area (Å²) in [5, 5.41) is 0. The second kappa shape index (κ2) is 7.59. The van der Waals surface area contributed by atoms with E-state index in [1.54, 1.807) is 17.0 Å². The Kier molecular flexibility index (Phi) is 5.75. The van der Waals surface area contributed by atoms with E-state index in [2.05, 4.69) is 4.72 Å². The van der Waals surface area contributed by atoms with Gasteiger partial charge in [0, 0.05) is 12.2 Å². The highest BCUT2D eigenvalue weighted by molar-refractivity contribution is 7.89. The molecule has 0 atom stereocenters. The fourth-order valence-corrected chi connectivity index (χ4v) is 3.50. The molecule has 0 spiro atoms. The Balaban J connectivity index is 2.11. The molecule has 5 nitrogen and oxygen atoms in total. The largest absolute Gasteiger partial charge is 0.312 e. The third-order valence-corrected chi connectivity index (χ3v) is 5.04. The van der Waals surface area contributed by atoms with E-state index >= 15 is 0 Å². The summed E-state index contributed by atoms with van der Waals surface area (Å²) >= 11 is 0. The van der Waals surface area contributed by atoms with E-state index in [-0.39, 0.29) is 17.3 Å². The van der Waals surface area contributed by atoms with Crippen LogP contribution in [-0.4, -0.2) is 27.4 Å². The quantitative estimate of drug-likeness (QED) is 0.874. The van der Waals surface area contributed by atoms with Crippen LogP contribution in [0.15, 0.2) is 53.4 Å². The molecule has 128 valence electrons. The van der Waals surface area contributed by atoms with Gasteiger partial charge in [-0.25, -0.2) is 13.1 Å². The van der Waals surface area contributed by atoms with Gasteiger partial charge in [0.2, 0.25) is 15.9 Å². The number of likely N-dealkylation sites (N-methyl/N-ethyl adjacent to an activating group) is 1. The van der Waals surface area contributed by atoms with Crippen molar-refractivity contribution in [3.63, 3.8) is 0 Å². The second-order valence-electron chi connectivity index (χ2n) is 5.62. The van der Waals surface area contributed by atoms with E-state index in [0.29, 0.717) is 6.54 Å². The first-order chi connectivity index (χ1) is 11.3. The van der Waals surface area contributed by atoms with Gasteiger partial charge in [0.15, 0.2) is 0 Å². The third-order valence-electron chi connectivity index (χ3n) is 3.64. The summed E-state index contributed by atoms with van der Waals surface area (Å²) in [6, 6.07) is 14.1. The molecule has 0 bridgehead atoms. The van der Waals surface area contributed by atoms with Crippen molar-refractivity contribution in [2.45, 2.75) is 25.7 Å². The van der Waals surface area contributed by atoms with Gasteiger partial charge in [0.1, 0.15) is 0 Å². The molecule has 2 aromatic carbocycles. The number of amides is 1. The minimum Gasteiger partial charge on any atom is -0.312 e. The smallest absolute Gasteiger partial charge is 0.242 e. The molecule has 0 heterocycles. The van der Waals surface area contributed by atoms with Crippen molar-refractivity contribution in [2.75, 3.05) is 18.0 Å². The van der Waals surface area contributed by atoms with Crippen LogP contribution in [-0.2, 0) is 14.8 Å². The molecule has 2 aromatic rings. The fraction of sp³-hybridized carbons (Fsp3) is 0.278. The predicted molar refractivity (Wildman–Crippen MR) is 95.6 cm³/mol. The van der Waals surface area contributed by atoms with Crippen LogP contribution >= 0.6 is 0 Å². The molecule has 0 aliphatic rings. The van der Waals surface area contributed by atoms with Crippen LogP contribution in [0.5, 0.6) is 0 Å². The number of nitrogens with zero attached hydrogens (tertiary/aromatic N) is 1. The van der Waals surface area contributed by atoms with Gasteiger partial charge in [-0.3, -0.25) is 4.79 Å². The van der Waals surface area contributed by atoms with Gasteiger partial charge in [-0.15, -0.1) is 0 Å². The number of rotatable bonds is 6. The molecule has 2 rings (SSSR count). The molecule has 0 saturated heterocycles. The van der Waals surface area contributed by atoms with Crippen LogP contribution in [0.2, 0.25) is 0 Å². The summed E-state index contributed by atoms with van der Waals surface area (Å²) in [5.74, 6) is -0.292. The zero-order valence-electron chi connectivity index (χ0n) is 14.1. The van der Waals surface area contributed by atoms with Crippen molar-refractivity contribution in [2.24, 2.45) is 0 Å². The van der Waals surface area contributed by atoms with Crippen molar-refractivity contribution >= 4 is 21.6 Å². The molecule has 0 saturated carbocycles. The second-order valence-corrected chi connectivity index (χ2v) is 7.39. The van der Waals surface area contributed by atoms with Gasteiger partial charge < -0.3 is 4.90 Å². The molecular weight excluding hydrogens is 324 g/mol. The van der Waals surface area contributed by atoms with Gasteiger partial charge in [-0.05, 0) is 56.2 Å². The molecule has 0 unspecified atom stereocenters. The summed E-state index contributed by atoms with van der Waals surface area (Å²) in [6.45, 7) is 5.81. The Morgan fingerprint density at radius 3 is 2.25 bits per heavy atom. The van der Waals surface area contributed by atoms with Crippen LogP contribution in [0.1, 0.15) is 18.1 Å². The van der Waals surface area contributed by atoms with E-state index < -0.39 is 10.0 Å². The van der Waals surface area contributed by atoms with Gasteiger partial charge in [0.05, 0.1) is 11.4 Å². The first-order valence-electron chi connectivity index (χ1n) is 7.77. The molecule has 0 fully saturated rings. The molecule has 0 aliphatic heterocycles. The lowest BCUT2D eigenvalue weighted by molar-refractivity contribution is -0.117. The number of sulfonamides is 1. The fourth-order valence-electron chi connectivity index (χ4n) is 2.42. The third kappa shape index (κ3) is 4.43. The summed E-state index contributed by atoms with van der Waals surface area (Å²) in [7, 11) is -3.71. The number of anilines is 1. The van der Waals surface area contributed by atoms with Gasteiger partial charge in [-0.2, -0.15) is 0 Å². The average molecular weight is 346 g/mol. The van der Waals surface area contributed by atoms with Gasteiger partial charge in [-0.1, -0.05) is 24.3 Å². The summed E-state index contributed by atoms with van der Waals surface area (Å²) in [6.07, 6.45) is 0. The van der Waals surface area contributed by atoms with Crippen molar-refractivity contribution in [3.8, 4) is 0 Å². The molecule has 6 heteroatoms. The highest BCUT2D eigenvalue weighted by Gasteiger charge is 2.19. The topological polar surface area (TPSA) is 66.5 Å². The molecule has 0 radical (unpaired) electrons. The van der Waals surface area contributed by atoms with Crippen LogP contribution in [0.3, 0.4) is 0 Å². The Labute approximate surface area is 143 Å². The number of benzene rings is 2. The predicted octanol–water partition coefficient (Wildman–Crippen LogP) is 2.63. The molecular formula is C18H22N2O3S. The standard InChI is InChI=1S/C18H22N2O3S/c1-4-20(16-9-5-7-14(2)11-16)18(21)13-19-24(22,23)17-10-6-8-15(3)12-17/h5-12,19H,4,13H2,1-3H3. The summed E-state index contributed by atoms with van der Waals surface area (Å²) < 4.78 is 27.0. The maximum absolute atomic E-state index is 12.4. The van der Waals surface area contributed by atoms with Crippen molar-refractivity contribution < 1.29 is 13.2 Å². The number of carbonyl (C=O) groups is 1. The molecule has 0 aliphatic carbocycles. The number of carbonyl (C=O) groups excluding carboxylic acids is 1. The van der Waals surface area contributed by atoms with Crippen molar-refractivity contribution in [1.29, 1.82) is 0 Å². The van der Waals surface area contributed by atoms with Crippen LogP contribution in [0, 0.1) is 13.8 Å². The van der Waals surface area contributed by atoms with Gasteiger partial charge >= 0.3 is 0 Å². The SMILES string of the molecule is CCN(C(=O)CNS(=O)(=O)c1cccc(C)c1)c1cccc(C)c1. The molecule has 1 N–H and O–H groups in total. The maximum Gasteiger partial charge on any atom is 0.242 e. The first-order valence-corrected chi connectivity index (χ1v) is 9.25. The normalized spacial score (nSPS) is 11.3. The summed E-state index contributed by atoms with van der Waals surface area (Å²) in [5.41, 5.74) is 2.65. The monoisotopic (exact) mass is 346 g/mol. The lowest BCUT2D eigenvalue weighted by Crippen LogP contribution is -2.40. The van der Waals surface area contributed by atoms with E-state index in [0.717, 1.165) is 16.8 Å². The maximum atomic E-state index is 12.4. The lowest BCUT2D eigenvalue weighted by atomic mass is 10.2. The van der Waals surface area contributed by atoms with E-state index in [1.807, 2.05) is 51.1 Å². The lowest BCUT2D eigenvalue weighted by Gasteiger charge is -2.21. The minimum absolute atomic E-state index is 0.161. The molecule has 1 amide bonds. The van der Waals surface area contributed by atoms with Crippen LogP contribution in [0.4, 0.5) is 5.69 Å². The number of aryl methyl sites for hydroxylation is 2. The Bertz CT molecular complexity index is 832. The van der Waals surface area contributed by atoms with Crippen molar-refractivity contribution in [3.05, 3.63) is 59.7 Å². The van der Waals surface area contributed by atoms with Gasteiger partial charge in [0.25, 0.3) is 0 Å². The van der Waals surface area contributed by atoms with E-state index in [4.69, 9.17) is 0 Å².